The van der Waals surface area contributed by atoms with Crippen LogP contribution in [0.4, 0.5) is 34.1 Å². The van der Waals surface area contributed by atoms with Gasteiger partial charge in [0.2, 0.25) is 0 Å². The fraction of sp³-hybridized carbons (Fsp3) is 0.188. The first-order chi connectivity index (χ1) is 32.5. The zero-order valence-corrected chi connectivity index (χ0v) is 37.7. The molecule has 0 atom stereocenters. The molecular formula is C64H52N2. The average molecular weight is 849 g/mol. The summed E-state index contributed by atoms with van der Waals surface area (Å²) in [4.78, 5) is 5.13. The molecule has 0 unspecified atom stereocenters. The van der Waals surface area contributed by atoms with Crippen molar-refractivity contribution in [1.29, 1.82) is 0 Å². The van der Waals surface area contributed by atoms with Gasteiger partial charge in [-0.25, -0.2) is 0 Å². The van der Waals surface area contributed by atoms with E-state index < -0.39 is 0 Å². The fourth-order valence-electron chi connectivity index (χ4n) is 14.4. The van der Waals surface area contributed by atoms with Gasteiger partial charge in [0.15, 0.2) is 0 Å². The van der Waals surface area contributed by atoms with Crippen molar-refractivity contribution in [3.05, 3.63) is 216 Å². The Morgan fingerprint density at radius 1 is 0.394 bits per heavy atom. The minimum atomic E-state index is 0.0927. The Bertz CT molecular complexity index is 3520. The van der Waals surface area contributed by atoms with E-state index in [1.54, 1.807) is 11.1 Å². The molecule has 4 fully saturated rings. The third kappa shape index (κ3) is 5.36. The third-order valence-corrected chi connectivity index (χ3v) is 16.8. The molecule has 0 aromatic heterocycles. The average Bonchev–Trinajstić information content (AvgIpc) is 3.66. The van der Waals surface area contributed by atoms with Gasteiger partial charge in [0.1, 0.15) is 0 Å². The normalized spacial score (nSPS) is 21.2. The molecule has 318 valence electrons. The summed E-state index contributed by atoms with van der Waals surface area (Å²) in [6, 6.07) is 73.6. The zero-order valence-electron chi connectivity index (χ0n) is 37.7. The number of fused-ring (bicyclic) bond motifs is 3. The Balaban J connectivity index is 1.01. The Morgan fingerprint density at radius 2 is 0.909 bits per heavy atom. The molecule has 2 heteroatoms. The maximum absolute atomic E-state index is 2.64. The molecule has 0 heterocycles. The molecule has 15 rings (SSSR count). The maximum Gasteiger partial charge on any atom is 0.0543 e. The highest BCUT2D eigenvalue weighted by Crippen LogP contribution is 2.70. The van der Waals surface area contributed by atoms with Crippen LogP contribution in [0.25, 0.3) is 54.6 Å². The van der Waals surface area contributed by atoms with E-state index >= 15 is 0 Å². The van der Waals surface area contributed by atoms with Gasteiger partial charge in [0, 0.05) is 38.8 Å². The lowest BCUT2D eigenvalue weighted by molar-refractivity contribution is -0.0399. The Labute approximate surface area is 388 Å². The summed E-state index contributed by atoms with van der Waals surface area (Å²) >= 11 is 0. The van der Waals surface area contributed by atoms with Crippen LogP contribution in [-0.2, 0) is 5.41 Å². The van der Waals surface area contributed by atoms with E-state index in [9.17, 15) is 0 Å². The molecule has 10 aromatic rings. The summed E-state index contributed by atoms with van der Waals surface area (Å²) in [7, 11) is 0. The Hall–Kier alpha value is -7.16. The molecule has 5 aliphatic carbocycles. The van der Waals surface area contributed by atoms with Crippen molar-refractivity contribution in [3.63, 3.8) is 0 Å². The molecule has 66 heavy (non-hydrogen) atoms. The number of anilines is 6. The van der Waals surface area contributed by atoms with E-state index in [1.165, 1.54) is 126 Å². The predicted molar refractivity (Wildman–Crippen MR) is 278 cm³/mol. The second kappa shape index (κ2) is 14.4. The third-order valence-electron chi connectivity index (χ3n) is 16.8. The maximum atomic E-state index is 2.64. The van der Waals surface area contributed by atoms with Crippen LogP contribution in [0.5, 0.6) is 0 Å². The number of aryl methyl sites for hydroxylation is 2. The van der Waals surface area contributed by atoms with Gasteiger partial charge in [-0.3, -0.25) is 0 Å². The molecule has 0 radical (unpaired) electrons. The van der Waals surface area contributed by atoms with Gasteiger partial charge >= 0.3 is 0 Å². The number of rotatable bonds is 7. The summed E-state index contributed by atoms with van der Waals surface area (Å²) in [6.45, 7) is 4.52. The largest absolute Gasteiger partial charge is 0.310 e. The number of para-hydroxylation sites is 2. The Morgan fingerprint density at radius 3 is 1.58 bits per heavy atom. The van der Waals surface area contributed by atoms with Crippen LogP contribution in [0.15, 0.2) is 194 Å². The van der Waals surface area contributed by atoms with Crippen LogP contribution in [-0.4, -0.2) is 0 Å². The molecule has 2 nitrogen and oxygen atoms in total. The van der Waals surface area contributed by atoms with Crippen molar-refractivity contribution in [1.82, 2.24) is 0 Å². The lowest BCUT2D eigenvalue weighted by atomic mass is 9.43. The minimum Gasteiger partial charge on any atom is -0.310 e. The topological polar surface area (TPSA) is 6.48 Å². The van der Waals surface area contributed by atoms with E-state index in [-0.39, 0.29) is 5.41 Å². The lowest BCUT2D eigenvalue weighted by Gasteiger charge is -2.61. The molecule has 4 saturated carbocycles. The highest BCUT2D eigenvalue weighted by molar-refractivity contribution is 6.28. The molecule has 0 aliphatic heterocycles. The molecule has 5 aliphatic rings. The second-order valence-corrected chi connectivity index (χ2v) is 20.2. The van der Waals surface area contributed by atoms with Crippen LogP contribution in [0.3, 0.4) is 0 Å². The quantitative estimate of drug-likeness (QED) is 0.147. The first-order valence-corrected chi connectivity index (χ1v) is 24.4. The number of nitrogens with zero attached hydrogens (tertiary/aromatic N) is 2. The van der Waals surface area contributed by atoms with Gasteiger partial charge in [-0.15, -0.1) is 0 Å². The van der Waals surface area contributed by atoms with E-state index in [2.05, 4.69) is 218 Å². The van der Waals surface area contributed by atoms with Gasteiger partial charge in [-0.05, 0) is 173 Å². The second-order valence-electron chi connectivity index (χ2n) is 20.2. The van der Waals surface area contributed by atoms with Crippen LogP contribution in [0, 0.1) is 37.5 Å². The minimum absolute atomic E-state index is 0.0927. The summed E-state index contributed by atoms with van der Waals surface area (Å²) in [5.41, 5.74) is 18.3. The molecule has 0 N–H and O–H groups in total. The smallest absolute Gasteiger partial charge is 0.0543 e. The van der Waals surface area contributed by atoms with Crippen molar-refractivity contribution in [2.24, 2.45) is 23.7 Å². The van der Waals surface area contributed by atoms with Crippen LogP contribution in [0.2, 0.25) is 0 Å². The SMILES string of the molecule is Cc1ccccc1N(c1cccc(-c2ccccc2)c1)c1ccc2ccc3c(N(c4ccccc4C)c4cccc5c4-c4ccccc4C54C5CC6CC(C5)CC4C6)ccc4ccc1c2c43. The van der Waals surface area contributed by atoms with Crippen molar-refractivity contribution in [2.75, 3.05) is 9.80 Å². The predicted octanol–water partition coefficient (Wildman–Crippen LogP) is 17.5. The summed E-state index contributed by atoms with van der Waals surface area (Å²) < 4.78 is 0. The molecule has 0 saturated heterocycles. The number of benzene rings is 10. The van der Waals surface area contributed by atoms with Crippen LogP contribution >= 0.6 is 0 Å². The van der Waals surface area contributed by atoms with E-state index in [4.69, 9.17) is 0 Å². The van der Waals surface area contributed by atoms with Crippen molar-refractivity contribution >= 4 is 66.4 Å². The van der Waals surface area contributed by atoms with E-state index in [0.29, 0.717) is 11.8 Å². The van der Waals surface area contributed by atoms with Crippen LogP contribution < -0.4 is 9.80 Å². The zero-order chi connectivity index (χ0) is 43.7. The van der Waals surface area contributed by atoms with Gasteiger partial charge in [-0.2, -0.15) is 0 Å². The first kappa shape index (κ1) is 38.1. The highest BCUT2D eigenvalue weighted by atomic mass is 15.2. The molecular weight excluding hydrogens is 797 g/mol. The molecule has 10 aromatic carbocycles. The van der Waals surface area contributed by atoms with Crippen molar-refractivity contribution < 1.29 is 0 Å². The van der Waals surface area contributed by atoms with Crippen LogP contribution in [0.1, 0.15) is 54.4 Å². The lowest BCUT2D eigenvalue weighted by Crippen LogP contribution is -2.55. The standard InChI is InChI=1S/C64H52N2/c1-40-14-6-10-23-56(40)65(50-19-12-18-47(39-50)44-16-4-3-5-17-44)58-32-28-45-27-31-53-59(33-29-46-26-30-52(58)61(45)62(46)53)66(57-24-11-7-15-41(57)2)60-25-13-22-55-63(60)51-20-8-9-21-54(51)64(55)48-35-42-34-43(37-48)38-49(64)36-42/h3-33,39,42-43,48-49H,34-38H2,1-2H3. The summed E-state index contributed by atoms with van der Waals surface area (Å²) in [5, 5.41) is 7.66. The van der Waals surface area contributed by atoms with Crippen molar-refractivity contribution in [3.8, 4) is 22.3 Å². The summed E-state index contributed by atoms with van der Waals surface area (Å²) in [6.07, 6.45) is 6.97. The van der Waals surface area contributed by atoms with Gasteiger partial charge in [-0.1, -0.05) is 152 Å². The number of hydrogen-bond acceptors (Lipinski definition) is 2. The number of hydrogen-bond donors (Lipinski definition) is 0. The van der Waals surface area contributed by atoms with E-state index in [1.807, 2.05) is 0 Å². The van der Waals surface area contributed by atoms with Gasteiger partial charge in [0.25, 0.3) is 0 Å². The molecule has 4 bridgehead atoms. The van der Waals surface area contributed by atoms with E-state index in [0.717, 1.165) is 17.5 Å². The van der Waals surface area contributed by atoms with Gasteiger partial charge < -0.3 is 9.80 Å². The van der Waals surface area contributed by atoms with Gasteiger partial charge in [0.05, 0.1) is 17.1 Å². The monoisotopic (exact) mass is 848 g/mol. The molecule has 1 spiro atoms. The first-order valence-electron chi connectivity index (χ1n) is 24.4. The molecule has 0 amide bonds. The Kier molecular flexibility index (Phi) is 8.33. The van der Waals surface area contributed by atoms with Crippen molar-refractivity contribution in [2.45, 2.75) is 51.4 Å². The summed E-state index contributed by atoms with van der Waals surface area (Å²) in [5.74, 6) is 3.23. The highest BCUT2D eigenvalue weighted by Gasteiger charge is 2.62. The fourth-order valence-corrected chi connectivity index (χ4v) is 14.4.